The van der Waals surface area contributed by atoms with Crippen molar-refractivity contribution in [3.63, 3.8) is 0 Å². The van der Waals surface area contributed by atoms with Gasteiger partial charge in [-0.25, -0.2) is 0 Å². The molecule has 3 heteroatoms. The third-order valence-corrected chi connectivity index (χ3v) is 3.02. The Labute approximate surface area is 94.3 Å². The van der Waals surface area contributed by atoms with E-state index in [1.165, 1.54) is 0 Å². The van der Waals surface area contributed by atoms with Crippen LogP contribution in [0.2, 0.25) is 0 Å². The third kappa shape index (κ3) is 5.50. The first-order chi connectivity index (χ1) is 6.75. The maximum absolute atomic E-state index is 6.12. The van der Waals surface area contributed by atoms with Gasteiger partial charge in [0.25, 0.3) is 0 Å². The molecule has 0 amide bonds. The first-order valence-corrected chi connectivity index (χ1v) is 5.70. The van der Waals surface area contributed by atoms with Crippen molar-refractivity contribution in [3.05, 3.63) is 0 Å². The van der Waals surface area contributed by atoms with Crippen molar-refractivity contribution in [3.8, 4) is 0 Å². The highest BCUT2D eigenvalue weighted by atomic mass is 16.5. The largest absolute Gasteiger partial charge is 0.379 e. The summed E-state index contributed by atoms with van der Waals surface area (Å²) in [5, 5.41) is 0. The normalized spacial score (nSPS) is 15.4. The molecule has 0 heterocycles. The maximum Gasteiger partial charge on any atom is 0.0776 e. The Kier molecular flexibility index (Phi) is 5.78. The molecule has 0 aromatic rings. The Morgan fingerprint density at radius 3 is 2.13 bits per heavy atom. The van der Waals surface area contributed by atoms with Gasteiger partial charge in [-0.3, -0.25) is 0 Å². The molecule has 2 N–H and O–H groups in total. The van der Waals surface area contributed by atoms with Gasteiger partial charge in [0.1, 0.15) is 0 Å². The van der Waals surface area contributed by atoms with Gasteiger partial charge >= 0.3 is 0 Å². The second-order valence-corrected chi connectivity index (χ2v) is 5.15. The zero-order chi connectivity index (χ0) is 12.1. The average molecular weight is 217 g/mol. The Morgan fingerprint density at radius 2 is 1.73 bits per heavy atom. The van der Waals surface area contributed by atoms with E-state index in [0.717, 1.165) is 12.8 Å². The van der Waals surface area contributed by atoms with E-state index < -0.39 is 0 Å². The summed E-state index contributed by atoms with van der Waals surface area (Å²) in [5.74, 6) is 0. The van der Waals surface area contributed by atoms with Gasteiger partial charge in [0.15, 0.2) is 0 Å². The lowest BCUT2D eigenvalue weighted by Gasteiger charge is -2.33. The fourth-order valence-corrected chi connectivity index (χ4v) is 1.43. The number of hydrogen-bond acceptors (Lipinski definition) is 3. The van der Waals surface area contributed by atoms with Crippen molar-refractivity contribution in [2.24, 2.45) is 5.73 Å². The lowest BCUT2D eigenvalue weighted by Crippen LogP contribution is -2.46. The van der Waals surface area contributed by atoms with Gasteiger partial charge in [-0.1, -0.05) is 0 Å². The van der Waals surface area contributed by atoms with E-state index in [4.69, 9.17) is 15.2 Å². The van der Waals surface area contributed by atoms with E-state index in [1.54, 1.807) is 7.11 Å². The Morgan fingerprint density at radius 1 is 1.20 bits per heavy atom. The van der Waals surface area contributed by atoms with Crippen molar-refractivity contribution >= 4 is 0 Å². The zero-order valence-corrected chi connectivity index (χ0v) is 11.1. The van der Waals surface area contributed by atoms with E-state index in [9.17, 15) is 0 Å². The van der Waals surface area contributed by atoms with Gasteiger partial charge in [0, 0.05) is 19.8 Å². The summed E-state index contributed by atoms with van der Waals surface area (Å²) < 4.78 is 11.0. The smallest absolute Gasteiger partial charge is 0.0776 e. The van der Waals surface area contributed by atoms with Crippen LogP contribution in [0.4, 0.5) is 0 Å². The van der Waals surface area contributed by atoms with Crippen molar-refractivity contribution in [1.82, 2.24) is 0 Å². The molecule has 0 aromatic carbocycles. The predicted octanol–water partition coefficient (Wildman–Crippen LogP) is 2.33. The van der Waals surface area contributed by atoms with Crippen molar-refractivity contribution in [1.29, 1.82) is 0 Å². The number of rotatable bonds is 7. The lowest BCUT2D eigenvalue weighted by molar-refractivity contribution is -0.0406. The molecule has 0 saturated heterocycles. The molecule has 0 rings (SSSR count). The molecule has 0 aliphatic heterocycles. The SMILES string of the molecule is CCOC(C)(C)C(N)CCC(C)(C)OC. The van der Waals surface area contributed by atoms with Crippen LogP contribution >= 0.6 is 0 Å². The first-order valence-electron chi connectivity index (χ1n) is 5.70. The Bertz CT molecular complexity index is 178. The highest BCUT2D eigenvalue weighted by molar-refractivity contribution is 4.84. The molecule has 0 spiro atoms. The number of methoxy groups -OCH3 is 1. The van der Waals surface area contributed by atoms with Crippen molar-refractivity contribution in [2.45, 2.75) is 64.7 Å². The summed E-state index contributed by atoms with van der Waals surface area (Å²) in [6.45, 7) is 10.9. The third-order valence-electron chi connectivity index (χ3n) is 3.02. The summed E-state index contributed by atoms with van der Waals surface area (Å²) in [4.78, 5) is 0. The van der Waals surface area contributed by atoms with Gasteiger partial charge < -0.3 is 15.2 Å². The molecule has 1 atom stereocenters. The average Bonchev–Trinajstić information content (AvgIpc) is 2.14. The molecule has 92 valence electrons. The van der Waals surface area contributed by atoms with Crippen LogP contribution < -0.4 is 5.73 Å². The van der Waals surface area contributed by atoms with Crippen LogP contribution in [-0.2, 0) is 9.47 Å². The van der Waals surface area contributed by atoms with Crippen LogP contribution in [-0.4, -0.2) is 31.0 Å². The van der Waals surface area contributed by atoms with Gasteiger partial charge in [0.2, 0.25) is 0 Å². The molecule has 1 unspecified atom stereocenters. The summed E-state index contributed by atoms with van der Waals surface area (Å²) in [6, 6.07) is 0.0480. The molecule has 0 aliphatic carbocycles. The minimum atomic E-state index is -0.251. The molecule has 0 bridgehead atoms. The van der Waals surface area contributed by atoms with E-state index >= 15 is 0 Å². The Balaban J connectivity index is 4.08. The second-order valence-electron chi connectivity index (χ2n) is 5.15. The summed E-state index contributed by atoms with van der Waals surface area (Å²) >= 11 is 0. The highest BCUT2D eigenvalue weighted by Crippen LogP contribution is 2.22. The van der Waals surface area contributed by atoms with Crippen LogP contribution in [0.3, 0.4) is 0 Å². The minimum Gasteiger partial charge on any atom is -0.379 e. The van der Waals surface area contributed by atoms with Gasteiger partial charge in [-0.15, -0.1) is 0 Å². The number of ether oxygens (including phenoxy) is 2. The minimum absolute atomic E-state index is 0.0480. The fourth-order valence-electron chi connectivity index (χ4n) is 1.43. The zero-order valence-electron chi connectivity index (χ0n) is 11.1. The molecule has 0 aliphatic rings. The van der Waals surface area contributed by atoms with E-state index in [0.29, 0.717) is 6.61 Å². The van der Waals surface area contributed by atoms with Gasteiger partial charge in [-0.2, -0.15) is 0 Å². The highest BCUT2D eigenvalue weighted by Gasteiger charge is 2.28. The van der Waals surface area contributed by atoms with Gasteiger partial charge in [-0.05, 0) is 47.5 Å². The van der Waals surface area contributed by atoms with E-state index in [-0.39, 0.29) is 17.2 Å². The molecule has 0 saturated carbocycles. The van der Waals surface area contributed by atoms with Crippen LogP contribution in [0, 0.1) is 0 Å². The lowest BCUT2D eigenvalue weighted by atomic mass is 9.90. The molecular formula is C12H27NO2. The number of nitrogens with two attached hydrogens (primary N) is 1. The number of hydrogen-bond donors (Lipinski definition) is 1. The summed E-state index contributed by atoms with van der Waals surface area (Å²) in [5.41, 5.74) is 5.77. The summed E-state index contributed by atoms with van der Waals surface area (Å²) in [7, 11) is 1.74. The molecule has 0 fully saturated rings. The van der Waals surface area contributed by atoms with Crippen molar-refractivity contribution in [2.75, 3.05) is 13.7 Å². The molecule has 0 radical (unpaired) electrons. The first kappa shape index (κ1) is 14.9. The van der Waals surface area contributed by atoms with Gasteiger partial charge in [0.05, 0.1) is 11.2 Å². The molecule has 3 nitrogen and oxygen atoms in total. The molecule has 15 heavy (non-hydrogen) atoms. The van der Waals surface area contributed by atoms with Crippen LogP contribution in [0.1, 0.15) is 47.5 Å². The van der Waals surface area contributed by atoms with Crippen LogP contribution in [0.5, 0.6) is 0 Å². The van der Waals surface area contributed by atoms with Crippen LogP contribution in [0.25, 0.3) is 0 Å². The molecule has 0 aromatic heterocycles. The second kappa shape index (κ2) is 5.83. The van der Waals surface area contributed by atoms with E-state index in [1.807, 2.05) is 20.8 Å². The topological polar surface area (TPSA) is 44.5 Å². The predicted molar refractivity (Wildman–Crippen MR) is 64.0 cm³/mol. The Hall–Kier alpha value is -0.120. The van der Waals surface area contributed by atoms with E-state index in [2.05, 4.69) is 13.8 Å². The molecular weight excluding hydrogens is 190 g/mol. The van der Waals surface area contributed by atoms with Crippen molar-refractivity contribution < 1.29 is 9.47 Å². The van der Waals surface area contributed by atoms with Crippen LogP contribution in [0.15, 0.2) is 0 Å². The monoisotopic (exact) mass is 217 g/mol. The standard InChI is InChI=1S/C12H27NO2/c1-7-15-12(4,5)10(13)8-9-11(2,3)14-6/h10H,7-9,13H2,1-6H3. The quantitative estimate of drug-likeness (QED) is 0.712. The fraction of sp³-hybridized carbons (Fsp3) is 1.00. The maximum atomic E-state index is 6.12. The summed E-state index contributed by atoms with van der Waals surface area (Å²) in [6.07, 6.45) is 1.86.